The van der Waals surface area contributed by atoms with Gasteiger partial charge in [0.1, 0.15) is 5.54 Å². The van der Waals surface area contributed by atoms with E-state index in [0.29, 0.717) is 5.92 Å². The highest BCUT2D eigenvalue weighted by Gasteiger charge is 2.55. The molecule has 0 aliphatic carbocycles. The van der Waals surface area contributed by atoms with Gasteiger partial charge in [0.2, 0.25) is 0 Å². The molecule has 1 N–H and O–H groups in total. The topological polar surface area (TPSA) is 47.0 Å². The van der Waals surface area contributed by atoms with Crippen molar-refractivity contribution < 1.29 is 9.90 Å². The van der Waals surface area contributed by atoms with Crippen LogP contribution in [0.2, 0.25) is 0 Å². The van der Waals surface area contributed by atoms with E-state index in [1.54, 1.807) is 0 Å². The molecule has 4 fully saturated rings. The molecule has 4 aliphatic rings. The van der Waals surface area contributed by atoms with Gasteiger partial charge in [-0.25, -0.2) is 0 Å². The summed E-state index contributed by atoms with van der Waals surface area (Å²) in [5.74, 6) is -0.246. The molecule has 2 bridgehead atoms. The molecule has 0 aromatic carbocycles. The van der Waals surface area contributed by atoms with Gasteiger partial charge in [-0.2, -0.15) is 0 Å². The van der Waals surface area contributed by atoms with Gasteiger partial charge in [0, 0.05) is 32.7 Å². The van der Waals surface area contributed by atoms with Crippen LogP contribution in [0.1, 0.15) is 12.8 Å². The van der Waals surface area contributed by atoms with E-state index >= 15 is 0 Å². The van der Waals surface area contributed by atoms with Crippen molar-refractivity contribution in [1.29, 1.82) is 0 Å². The highest BCUT2D eigenvalue weighted by Crippen LogP contribution is 2.40. The number of fused-ring (bicyclic) bond motifs is 3. The number of nitrogens with zero attached hydrogens (tertiary/aromatic N) is 3. The van der Waals surface area contributed by atoms with Gasteiger partial charge in [0.15, 0.2) is 0 Å². The maximum Gasteiger partial charge on any atom is 0.325 e. The number of aliphatic carboxylic acids is 1. The van der Waals surface area contributed by atoms with Crippen LogP contribution in [0.4, 0.5) is 0 Å². The summed E-state index contributed by atoms with van der Waals surface area (Å²) in [7, 11) is 2.11. The summed E-state index contributed by atoms with van der Waals surface area (Å²) >= 11 is 0. The molecule has 0 spiro atoms. The molecule has 0 saturated carbocycles. The second-order valence-corrected chi connectivity index (χ2v) is 6.07. The monoisotopic (exact) mass is 253 g/mol. The van der Waals surface area contributed by atoms with Crippen molar-refractivity contribution >= 4 is 5.97 Å². The van der Waals surface area contributed by atoms with E-state index in [0.717, 1.165) is 58.7 Å². The van der Waals surface area contributed by atoms with Gasteiger partial charge >= 0.3 is 5.97 Å². The maximum atomic E-state index is 12.0. The molecule has 5 heteroatoms. The Balaban J connectivity index is 1.85. The smallest absolute Gasteiger partial charge is 0.325 e. The Morgan fingerprint density at radius 2 is 1.72 bits per heavy atom. The van der Waals surface area contributed by atoms with Crippen LogP contribution in [0, 0.1) is 5.92 Å². The second kappa shape index (κ2) is 4.47. The van der Waals surface area contributed by atoms with Gasteiger partial charge in [-0.05, 0) is 38.9 Å². The van der Waals surface area contributed by atoms with E-state index in [1.165, 1.54) is 0 Å². The molecular formula is C13H23N3O2. The van der Waals surface area contributed by atoms with Crippen molar-refractivity contribution in [1.82, 2.24) is 14.7 Å². The first-order valence-corrected chi connectivity index (χ1v) is 7.02. The van der Waals surface area contributed by atoms with Gasteiger partial charge in [-0.3, -0.25) is 9.69 Å². The predicted octanol–water partition coefficient (Wildman–Crippen LogP) is -0.217. The fourth-order valence-electron chi connectivity index (χ4n) is 3.98. The Morgan fingerprint density at radius 3 is 2.17 bits per heavy atom. The number of hydrogen-bond donors (Lipinski definition) is 1. The quantitative estimate of drug-likeness (QED) is 0.737. The van der Waals surface area contributed by atoms with E-state index in [4.69, 9.17) is 0 Å². The molecule has 18 heavy (non-hydrogen) atoms. The number of piperazine rings is 1. The number of piperidine rings is 3. The second-order valence-electron chi connectivity index (χ2n) is 6.07. The Hall–Kier alpha value is -0.650. The third-order valence-electron chi connectivity index (χ3n) is 5.17. The number of hydrogen-bond acceptors (Lipinski definition) is 4. The average Bonchev–Trinajstić information content (AvgIpc) is 2.40. The largest absolute Gasteiger partial charge is 0.480 e. The van der Waals surface area contributed by atoms with Crippen molar-refractivity contribution in [3.8, 4) is 0 Å². The van der Waals surface area contributed by atoms with Crippen molar-refractivity contribution in [3.05, 3.63) is 0 Å². The number of carboxylic acid groups (broad SMARTS) is 1. The summed E-state index contributed by atoms with van der Waals surface area (Å²) in [4.78, 5) is 18.8. The van der Waals surface area contributed by atoms with E-state index in [1.807, 2.05) is 0 Å². The number of likely N-dealkylation sites (N-methyl/N-ethyl adjacent to an activating group) is 1. The van der Waals surface area contributed by atoms with Crippen molar-refractivity contribution in [2.45, 2.75) is 18.4 Å². The molecule has 4 heterocycles. The first kappa shape index (κ1) is 12.4. The molecule has 4 saturated heterocycles. The fourth-order valence-corrected chi connectivity index (χ4v) is 3.98. The minimum absolute atomic E-state index is 0.350. The lowest BCUT2D eigenvalue weighted by molar-refractivity contribution is -0.170. The summed E-state index contributed by atoms with van der Waals surface area (Å²) in [5.41, 5.74) is -0.599. The van der Waals surface area contributed by atoms with Gasteiger partial charge < -0.3 is 14.9 Å². The number of carboxylic acids is 1. The first-order valence-electron chi connectivity index (χ1n) is 7.02. The number of carbonyl (C=O) groups is 1. The van der Waals surface area contributed by atoms with E-state index in [9.17, 15) is 9.90 Å². The SMILES string of the molecule is CN1CCN(C2(C(=O)O)CN3CCC2CC3)CC1. The molecule has 4 rings (SSSR count). The highest BCUT2D eigenvalue weighted by atomic mass is 16.4. The molecule has 0 aromatic rings. The van der Waals surface area contributed by atoms with Gasteiger partial charge in [0.05, 0.1) is 0 Å². The van der Waals surface area contributed by atoms with E-state index in [2.05, 4.69) is 21.7 Å². The Morgan fingerprint density at radius 1 is 1.11 bits per heavy atom. The molecule has 1 unspecified atom stereocenters. The summed E-state index contributed by atoms with van der Waals surface area (Å²) < 4.78 is 0. The van der Waals surface area contributed by atoms with Gasteiger partial charge in [0.25, 0.3) is 0 Å². The van der Waals surface area contributed by atoms with Crippen LogP contribution < -0.4 is 0 Å². The Labute approximate surface area is 108 Å². The third-order valence-corrected chi connectivity index (χ3v) is 5.17. The molecule has 4 aliphatic heterocycles. The normalized spacial score (nSPS) is 42.1. The van der Waals surface area contributed by atoms with Crippen molar-refractivity contribution in [2.24, 2.45) is 5.92 Å². The van der Waals surface area contributed by atoms with Crippen LogP contribution in [-0.4, -0.2) is 84.2 Å². The van der Waals surface area contributed by atoms with Crippen LogP contribution >= 0.6 is 0 Å². The lowest BCUT2D eigenvalue weighted by Crippen LogP contribution is -2.72. The van der Waals surface area contributed by atoms with Crippen LogP contribution in [0.5, 0.6) is 0 Å². The van der Waals surface area contributed by atoms with E-state index < -0.39 is 11.5 Å². The molecular weight excluding hydrogens is 230 g/mol. The summed E-state index contributed by atoms with van der Waals surface area (Å²) in [6.07, 6.45) is 2.11. The zero-order valence-electron chi connectivity index (χ0n) is 11.1. The van der Waals surface area contributed by atoms with Crippen molar-refractivity contribution in [3.63, 3.8) is 0 Å². The standard InChI is InChI=1S/C13H23N3O2/c1-14-6-8-16(9-7-14)13(12(17)18)10-15-4-2-11(13)3-5-15/h11H,2-10H2,1H3,(H,17,18). The number of rotatable bonds is 2. The summed E-state index contributed by atoms with van der Waals surface area (Å²) in [6.45, 7) is 6.68. The lowest BCUT2D eigenvalue weighted by atomic mass is 9.71. The molecule has 0 amide bonds. The lowest BCUT2D eigenvalue weighted by Gasteiger charge is -2.56. The summed E-state index contributed by atoms with van der Waals surface area (Å²) in [6, 6.07) is 0. The van der Waals surface area contributed by atoms with Crippen LogP contribution in [0.15, 0.2) is 0 Å². The van der Waals surface area contributed by atoms with Crippen molar-refractivity contribution in [2.75, 3.05) is 52.9 Å². The summed E-state index contributed by atoms with van der Waals surface area (Å²) in [5, 5.41) is 9.85. The molecule has 5 nitrogen and oxygen atoms in total. The maximum absolute atomic E-state index is 12.0. The first-order chi connectivity index (χ1) is 8.63. The molecule has 0 radical (unpaired) electrons. The van der Waals surface area contributed by atoms with Crippen LogP contribution in [0.25, 0.3) is 0 Å². The Bertz CT molecular complexity index is 333. The zero-order valence-corrected chi connectivity index (χ0v) is 11.1. The minimum Gasteiger partial charge on any atom is -0.480 e. The zero-order chi connectivity index (χ0) is 12.8. The van der Waals surface area contributed by atoms with Crippen LogP contribution in [0.3, 0.4) is 0 Å². The highest BCUT2D eigenvalue weighted by molar-refractivity contribution is 5.80. The van der Waals surface area contributed by atoms with Gasteiger partial charge in [-0.15, -0.1) is 0 Å². The van der Waals surface area contributed by atoms with Crippen LogP contribution in [-0.2, 0) is 4.79 Å². The average molecular weight is 253 g/mol. The third kappa shape index (κ3) is 1.76. The predicted molar refractivity (Wildman–Crippen MR) is 68.6 cm³/mol. The molecule has 1 atom stereocenters. The Kier molecular flexibility index (Phi) is 3.08. The fraction of sp³-hybridized carbons (Fsp3) is 0.923. The van der Waals surface area contributed by atoms with Gasteiger partial charge in [-0.1, -0.05) is 0 Å². The minimum atomic E-state index is -0.599. The van der Waals surface area contributed by atoms with E-state index in [-0.39, 0.29) is 0 Å². The molecule has 102 valence electrons. The molecule has 0 aromatic heterocycles.